The Morgan fingerprint density at radius 2 is 1.61 bits per heavy atom. The molecule has 6 nitrogen and oxygen atoms in total. The number of carbonyl (C=O) groups is 1. The van der Waals surface area contributed by atoms with Crippen molar-refractivity contribution in [2.75, 3.05) is 35.8 Å². The number of amides is 1. The van der Waals surface area contributed by atoms with Crippen LogP contribution in [0.5, 0.6) is 0 Å². The fraction of sp³-hybridized carbons (Fsp3) is 0.240. The lowest BCUT2D eigenvalue weighted by Crippen LogP contribution is -2.48. The Hall–Kier alpha value is -3.03. The van der Waals surface area contributed by atoms with Crippen LogP contribution in [0.4, 0.5) is 11.4 Å². The number of rotatable bonds is 5. The van der Waals surface area contributed by atoms with Gasteiger partial charge < -0.3 is 9.80 Å². The topological polar surface area (TPSA) is 69.7 Å². The summed E-state index contributed by atoms with van der Waals surface area (Å²) >= 11 is 6.24. The first-order valence-corrected chi connectivity index (χ1v) is 12.6. The van der Waals surface area contributed by atoms with E-state index in [1.165, 1.54) is 12.1 Å². The molecule has 3 aromatic rings. The summed E-state index contributed by atoms with van der Waals surface area (Å²) in [6, 6.07) is 19.9. The van der Waals surface area contributed by atoms with Crippen LogP contribution in [-0.2, 0) is 10.0 Å². The molecule has 4 rings (SSSR count). The predicted molar refractivity (Wildman–Crippen MR) is 133 cm³/mol. The third-order valence-electron chi connectivity index (χ3n) is 5.78. The molecule has 1 heterocycles. The van der Waals surface area contributed by atoms with Gasteiger partial charge in [-0.25, -0.2) is 8.42 Å². The summed E-state index contributed by atoms with van der Waals surface area (Å²) in [7, 11) is -3.97. The summed E-state index contributed by atoms with van der Waals surface area (Å²) in [5.74, 6) is -0.206. The molecule has 1 N–H and O–H groups in total. The minimum Gasteiger partial charge on any atom is -0.368 e. The molecular formula is C25H26ClN3O3S. The number of hydrogen-bond donors (Lipinski definition) is 1. The number of sulfonamides is 1. The van der Waals surface area contributed by atoms with Crippen LogP contribution in [0, 0.1) is 13.8 Å². The molecule has 1 saturated heterocycles. The Bertz CT molecular complexity index is 1270. The number of anilines is 2. The molecule has 8 heteroatoms. The van der Waals surface area contributed by atoms with Gasteiger partial charge in [-0.15, -0.1) is 0 Å². The lowest BCUT2D eigenvalue weighted by atomic mass is 10.1. The average Bonchev–Trinajstić information content (AvgIpc) is 2.81. The summed E-state index contributed by atoms with van der Waals surface area (Å²) in [5.41, 5.74) is 3.74. The van der Waals surface area contributed by atoms with Crippen LogP contribution in [-0.4, -0.2) is 45.4 Å². The summed E-state index contributed by atoms with van der Waals surface area (Å²) in [6.07, 6.45) is 0. The van der Waals surface area contributed by atoms with E-state index in [2.05, 4.69) is 21.8 Å². The molecule has 0 saturated carbocycles. The number of nitrogens with one attached hydrogen (secondary N) is 1. The molecule has 0 unspecified atom stereocenters. The van der Waals surface area contributed by atoms with E-state index in [4.69, 9.17) is 11.6 Å². The van der Waals surface area contributed by atoms with Crippen molar-refractivity contribution in [2.45, 2.75) is 18.7 Å². The number of halogens is 1. The van der Waals surface area contributed by atoms with E-state index in [0.29, 0.717) is 37.4 Å². The van der Waals surface area contributed by atoms with Gasteiger partial charge in [-0.2, -0.15) is 0 Å². The first-order chi connectivity index (χ1) is 15.7. The highest BCUT2D eigenvalue weighted by atomic mass is 35.5. The SMILES string of the molecule is Cc1ccc(NS(=O)(=O)c2cc(C(=O)N3CCN(c4ccccc4)CC3)ccc2Cl)c(C)c1. The van der Waals surface area contributed by atoms with E-state index >= 15 is 0 Å². The maximum Gasteiger partial charge on any atom is 0.263 e. The number of aryl methyl sites for hydroxylation is 2. The number of carbonyl (C=O) groups excluding carboxylic acids is 1. The maximum atomic E-state index is 13.1. The van der Waals surface area contributed by atoms with Gasteiger partial charge in [0.2, 0.25) is 0 Å². The van der Waals surface area contributed by atoms with Crippen LogP contribution in [0.2, 0.25) is 5.02 Å². The van der Waals surface area contributed by atoms with Gasteiger partial charge in [0.05, 0.1) is 10.7 Å². The third-order valence-corrected chi connectivity index (χ3v) is 7.63. The van der Waals surface area contributed by atoms with Crippen molar-refractivity contribution in [1.29, 1.82) is 0 Å². The first-order valence-electron chi connectivity index (χ1n) is 10.7. The second-order valence-corrected chi connectivity index (χ2v) is 10.2. The zero-order valence-electron chi connectivity index (χ0n) is 18.6. The van der Waals surface area contributed by atoms with Gasteiger partial charge in [0.25, 0.3) is 15.9 Å². The van der Waals surface area contributed by atoms with Gasteiger partial charge in [-0.05, 0) is 55.8 Å². The number of nitrogens with zero attached hydrogens (tertiary/aromatic N) is 2. The van der Waals surface area contributed by atoms with Crippen molar-refractivity contribution < 1.29 is 13.2 Å². The van der Waals surface area contributed by atoms with E-state index in [1.54, 1.807) is 17.0 Å². The minimum absolute atomic E-state index is 0.0673. The van der Waals surface area contributed by atoms with Crippen LogP contribution in [0.1, 0.15) is 21.5 Å². The van der Waals surface area contributed by atoms with Crippen LogP contribution < -0.4 is 9.62 Å². The van der Waals surface area contributed by atoms with Gasteiger partial charge in [0, 0.05) is 37.4 Å². The lowest BCUT2D eigenvalue weighted by Gasteiger charge is -2.36. The van der Waals surface area contributed by atoms with Crippen LogP contribution >= 0.6 is 11.6 Å². The van der Waals surface area contributed by atoms with E-state index in [1.807, 2.05) is 44.2 Å². The molecule has 1 aliphatic heterocycles. The third kappa shape index (κ3) is 5.15. The molecular weight excluding hydrogens is 458 g/mol. The fourth-order valence-corrected chi connectivity index (χ4v) is 5.62. The zero-order valence-corrected chi connectivity index (χ0v) is 20.2. The Labute approximate surface area is 199 Å². The Kier molecular flexibility index (Phi) is 6.63. The van der Waals surface area contributed by atoms with E-state index in [9.17, 15) is 13.2 Å². The Balaban J connectivity index is 1.51. The molecule has 1 fully saturated rings. The van der Waals surface area contributed by atoms with Gasteiger partial charge >= 0.3 is 0 Å². The molecule has 0 spiro atoms. The highest BCUT2D eigenvalue weighted by molar-refractivity contribution is 7.92. The monoisotopic (exact) mass is 483 g/mol. The normalized spacial score (nSPS) is 14.3. The molecule has 3 aromatic carbocycles. The fourth-order valence-electron chi connectivity index (χ4n) is 3.96. The van der Waals surface area contributed by atoms with Gasteiger partial charge in [-0.3, -0.25) is 9.52 Å². The van der Waals surface area contributed by atoms with E-state index in [0.717, 1.165) is 16.8 Å². The van der Waals surface area contributed by atoms with Crippen LogP contribution in [0.25, 0.3) is 0 Å². The summed E-state index contributed by atoms with van der Waals surface area (Å²) in [4.78, 5) is 17.0. The number of hydrogen-bond acceptors (Lipinski definition) is 4. The average molecular weight is 484 g/mol. The lowest BCUT2D eigenvalue weighted by molar-refractivity contribution is 0.0746. The first kappa shape index (κ1) is 23.1. The minimum atomic E-state index is -3.97. The molecule has 0 bridgehead atoms. The standard InChI is InChI=1S/C25H26ClN3O3S/c1-18-8-11-23(19(2)16-18)27-33(31,32)24-17-20(9-10-22(24)26)25(30)29-14-12-28(13-15-29)21-6-4-3-5-7-21/h3-11,16-17,27H,12-15H2,1-2H3. The van der Waals surface area contributed by atoms with Gasteiger partial charge in [-0.1, -0.05) is 47.5 Å². The highest BCUT2D eigenvalue weighted by Gasteiger charge is 2.25. The van der Waals surface area contributed by atoms with Crippen LogP contribution in [0.15, 0.2) is 71.6 Å². The molecule has 0 radical (unpaired) electrons. The molecule has 33 heavy (non-hydrogen) atoms. The molecule has 0 aromatic heterocycles. The largest absolute Gasteiger partial charge is 0.368 e. The Morgan fingerprint density at radius 3 is 2.27 bits per heavy atom. The van der Waals surface area contributed by atoms with Crippen molar-refractivity contribution in [3.8, 4) is 0 Å². The number of piperazine rings is 1. The number of benzene rings is 3. The second kappa shape index (κ2) is 9.45. The van der Waals surface area contributed by atoms with Gasteiger partial charge in [0.15, 0.2) is 0 Å². The maximum absolute atomic E-state index is 13.1. The Morgan fingerprint density at radius 1 is 0.909 bits per heavy atom. The zero-order chi connectivity index (χ0) is 23.6. The van der Waals surface area contributed by atoms with Crippen molar-refractivity contribution >= 4 is 38.9 Å². The molecule has 0 atom stereocenters. The summed E-state index contributed by atoms with van der Waals surface area (Å²) in [6.45, 7) is 6.31. The second-order valence-electron chi connectivity index (χ2n) is 8.18. The van der Waals surface area contributed by atoms with Crippen molar-refractivity contribution in [3.05, 3.63) is 88.4 Å². The van der Waals surface area contributed by atoms with Crippen molar-refractivity contribution in [3.63, 3.8) is 0 Å². The molecule has 1 amide bonds. The highest BCUT2D eigenvalue weighted by Crippen LogP contribution is 2.27. The smallest absolute Gasteiger partial charge is 0.263 e. The molecule has 0 aliphatic carbocycles. The summed E-state index contributed by atoms with van der Waals surface area (Å²) < 4.78 is 28.8. The molecule has 172 valence electrons. The van der Waals surface area contributed by atoms with E-state index < -0.39 is 10.0 Å². The molecule has 1 aliphatic rings. The van der Waals surface area contributed by atoms with Crippen molar-refractivity contribution in [1.82, 2.24) is 4.90 Å². The van der Waals surface area contributed by atoms with Gasteiger partial charge in [0.1, 0.15) is 4.90 Å². The van der Waals surface area contributed by atoms with E-state index in [-0.39, 0.29) is 15.8 Å². The number of para-hydroxylation sites is 1. The van der Waals surface area contributed by atoms with Crippen LogP contribution in [0.3, 0.4) is 0 Å². The quantitative estimate of drug-likeness (QED) is 0.570. The van der Waals surface area contributed by atoms with Crippen molar-refractivity contribution in [2.24, 2.45) is 0 Å². The summed E-state index contributed by atoms with van der Waals surface area (Å²) in [5, 5.41) is 0.0673. The predicted octanol–water partition coefficient (Wildman–Crippen LogP) is 4.72.